The Morgan fingerprint density at radius 1 is 1.48 bits per heavy atom. The number of hydrogen-bond donors (Lipinski definition) is 2. The fourth-order valence-corrected chi connectivity index (χ4v) is 2.59. The highest BCUT2D eigenvalue weighted by atomic mass is 35.5. The molecule has 0 unspecified atom stereocenters. The molecule has 0 aliphatic carbocycles. The first-order valence-corrected chi connectivity index (χ1v) is 8.44. The van der Waals surface area contributed by atoms with Gasteiger partial charge in [-0.05, 0) is 18.6 Å². The Bertz CT molecular complexity index is 760. The van der Waals surface area contributed by atoms with Gasteiger partial charge in [0.25, 0.3) is 5.91 Å². The maximum absolute atomic E-state index is 12.5. The Kier molecular flexibility index (Phi) is 5.40. The van der Waals surface area contributed by atoms with E-state index in [4.69, 9.17) is 21.1 Å². The highest BCUT2D eigenvalue weighted by Crippen LogP contribution is 2.36. The van der Waals surface area contributed by atoms with E-state index in [2.05, 4.69) is 20.8 Å². The minimum Gasteiger partial charge on any atom is -0.493 e. The SMILES string of the molecule is CCCOc1c(Cl)cc(C(=O)Nc2cnn(C3CNC3)n2)cc1OC. The lowest BCUT2D eigenvalue weighted by molar-refractivity contribution is 0.102. The van der Waals surface area contributed by atoms with Crippen molar-refractivity contribution in [3.63, 3.8) is 0 Å². The van der Waals surface area contributed by atoms with E-state index in [1.54, 1.807) is 16.9 Å². The van der Waals surface area contributed by atoms with Crippen molar-refractivity contribution in [2.45, 2.75) is 19.4 Å². The first-order chi connectivity index (χ1) is 12.1. The second-order valence-electron chi connectivity index (χ2n) is 5.65. The number of anilines is 1. The van der Waals surface area contributed by atoms with Gasteiger partial charge in [-0.25, -0.2) is 0 Å². The predicted octanol–water partition coefficient (Wildman–Crippen LogP) is 2.13. The van der Waals surface area contributed by atoms with Gasteiger partial charge in [0, 0.05) is 18.7 Å². The maximum Gasteiger partial charge on any atom is 0.257 e. The molecule has 0 radical (unpaired) electrons. The molecule has 2 aromatic rings. The van der Waals surface area contributed by atoms with Gasteiger partial charge in [-0.15, -0.1) is 5.10 Å². The number of amides is 1. The number of aromatic nitrogens is 3. The highest BCUT2D eigenvalue weighted by molar-refractivity contribution is 6.32. The zero-order chi connectivity index (χ0) is 17.8. The number of hydrogen-bond acceptors (Lipinski definition) is 6. The monoisotopic (exact) mass is 365 g/mol. The van der Waals surface area contributed by atoms with Gasteiger partial charge in [0.15, 0.2) is 17.3 Å². The smallest absolute Gasteiger partial charge is 0.257 e. The van der Waals surface area contributed by atoms with E-state index >= 15 is 0 Å². The molecular weight excluding hydrogens is 346 g/mol. The number of carbonyl (C=O) groups is 1. The summed E-state index contributed by atoms with van der Waals surface area (Å²) in [4.78, 5) is 14.1. The molecule has 0 bridgehead atoms. The van der Waals surface area contributed by atoms with E-state index in [0.29, 0.717) is 34.5 Å². The van der Waals surface area contributed by atoms with Crippen LogP contribution in [0.25, 0.3) is 0 Å². The van der Waals surface area contributed by atoms with Crippen molar-refractivity contribution < 1.29 is 14.3 Å². The van der Waals surface area contributed by atoms with Crippen molar-refractivity contribution in [1.29, 1.82) is 0 Å². The molecular formula is C16H20ClN5O3. The molecule has 2 heterocycles. The molecule has 1 fully saturated rings. The van der Waals surface area contributed by atoms with Crippen LogP contribution in [0.15, 0.2) is 18.3 Å². The summed E-state index contributed by atoms with van der Waals surface area (Å²) in [6, 6.07) is 3.37. The van der Waals surface area contributed by atoms with E-state index in [1.807, 2.05) is 6.92 Å². The fraction of sp³-hybridized carbons (Fsp3) is 0.438. The molecule has 1 aromatic heterocycles. The lowest BCUT2D eigenvalue weighted by atomic mass is 10.2. The van der Waals surface area contributed by atoms with Gasteiger partial charge >= 0.3 is 0 Å². The topological polar surface area (TPSA) is 90.3 Å². The summed E-state index contributed by atoms with van der Waals surface area (Å²) in [7, 11) is 1.50. The van der Waals surface area contributed by atoms with Crippen LogP contribution < -0.4 is 20.1 Å². The molecule has 1 amide bonds. The van der Waals surface area contributed by atoms with E-state index in [9.17, 15) is 4.79 Å². The number of nitrogens with zero attached hydrogens (tertiary/aromatic N) is 3. The van der Waals surface area contributed by atoms with Crippen molar-refractivity contribution in [2.75, 3.05) is 32.1 Å². The lowest BCUT2D eigenvalue weighted by Crippen LogP contribution is -2.44. The van der Waals surface area contributed by atoms with Crippen LogP contribution in [0.1, 0.15) is 29.7 Å². The zero-order valence-electron chi connectivity index (χ0n) is 14.1. The van der Waals surface area contributed by atoms with Crippen molar-refractivity contribution in [2.24, 2.45) is 0 Å². The average molecular weight is 366 g/mol. The molecule has 2 N–H and O–H groups in total. The molecule has 1 aliphatic heterocycles. The third-order valence-corrected chi connectivity index (χ3v) is 4.06. The molecule has 1 saturated heterocycles. The van der Waals surface area contributed by atoms with Crippen molar-refractivity contribution in [3.8, 4) is 11.5 Å². The summed E-state index contributed by atoms with van der Waals surface area (Å²) in [5.41, 5.74) is 0.352. The van der Waals surface area contributed by atoms with Crippen LogP contribution in [0.4, 0.5) is 5.82 Å². The molecule has 8 nitrogen and oxygen atoms in total. The molecule has 0 spiro atoms. The Morgan fingerprint density at radius 2 is 2.28 bits per heavy atom. The van der Waals surface area contributed by atoms with Crippen LogP contribution in [0, 0.1) is 0 Å². The number of carbonyl (C=O) groups excluding carboxylic acids is 1. The molecule has 9 heteroatoms. The van der Waals surface area contributed by atoms with E-state index in [0.717, 1.165) is 19.5 Å². The minimum absolute atomic E-state index is 0.232. The van der Waals surface area contributed by atoms with Gasteiger partial charge in [-0.2, -0.15) is 9.90 Å². The van der Waals surface area contributed by atoms with E-state index < -0.39 is 0 Å². The molecule has 3 rings (SSSR count). The number of ether oxygens (including phenoxy) is 2. The number of rotatable bonds is 7. The molecule has 0 atom stereocenters. The Balaban J connectivity index is 1.74. The molecule has 0 saturated carbocycles. The summed E-state index contributed by atoms with van der Waals surface area (Å²) < 4.78 is 10.9. The standard InChI is InChI=1S/C16H20ClN5O3/c1-3-4-25-15-12(17)5-10(6-13(15)24-2)16(23)20-14-9-19-22(21-14)11-7-18-8-11/h5-6,9,11,18H,3-4,7-8H2,1-2H3,(H,20,21,23). The number of methoxy groups -OCH3 is 1. The Hall–Kier alpha value is -2.32. The van der Waals surface area contributed by atoms with Crippen LogP contribution in [0.3, 0.4) is 0 Å². The predicted molar refractivity (Wildman–Crippen MR) is 93.7 cm³/mol. The van der Waals surface area contributed by atoms with Crippen molar-refractivity contribution in [3.05, 3.63) is 28.9 Å². The summed E-state index contributed by atoms with van der Waals surface area (Å²) in [5, 5.41) is 14.6. The summed E-state index contributed by atoms with van der Waals surface area (Å²) in [6.07, 6.45) is 2.36. The van der Waals surface area contributed by atoms with Gasteiger partial charge in [-0.3, -0.25) is 4.79 Å². The van der Waals surface area contributed by atoms with Gasteiger partial charge < -0.3 is 20.1 Å². The second-order valence-corrected chi connectivity index (χ2v) is 6.06. The third-order valence-electron chi connectivity index (χ3n) is 3.78. The zero-order valence-corrected chi connectivity index (χ0v) is 14.8. The van der Waals surface area contributed by atoms with Crippen molar-refractivity contribution in [1.82, 2.24) is 20.3 Å². The minimum atomic E-state index is -0.346. The van der Waals surface area contributed by atoms with Crippen LogP contribution in [-0.4, -0.2) is 47.7 Å². The number of nitrogens with one attached hydrogen (secondary N) is 2. The summed E-state index contributed by atoms with van der Waals surface area (Å²) in [5.74, 6) is 0.889. The summed E-state index contributed by atoms with van der Waals surface area (Å²) >= 11 is 6.24. The van der Waals surface area contributed by atoms with Crippen LogP contribution >= 0.6 is 11.6 Å². The van der Waals surface area contributed by atoms with E-state index in [1.165, 1.54) is 13.3 Å². The Labute approximate surface area is 150 Å². The van der Waals surface area contributed by atoms with Crippen LogP contribution in [-0.2, 0) is 0 Å². The van der Waals surface area contributed by atoms with Crippen LogP contribution in [0.5, 0.6) is 11.5 Å². The maximum atomic E-state index is 12.5. The van der Waals surface area contributed by atoms with Crippen molar-refractivity contribution >= 4 is 23.3 Å². The largest absolute Gasteiger partial charge is 0.493 e. The quantitative estimate of drug-likeness (QED) is 0.781. The second kappa shape index (κ2) is 7.71. The van der Waals surface area contributed by atoms with Gasteiger partial charge in [-0.1, -0.05) is 18.5 Å². The average Bonchev–Trinajstić information content (AvgIpc) is 2.99. The first-order valence-electron chi connectivity index (χ1n) is 8.06. The lowest BCUT2D eigenvalue weighted by Gasteiger charge is -2.25. The fourth-order valence-electron chi connectivity index (χ4n) is 2.33. The molecule has 1 aliphatic rings. The van der Waals surface area contributed by atoms with Gasteiger partial charge in [0.05, 0.1) is 31.0 Å². The normalized spacial score (nSPS) is 14.0. The molecule has 25 heavy (non-hydrogen) atoms. The molecule has 134 valence electrons. The Morgan fingerprint density at radius 3 is 2.92 bits per heavy atom. The van der Waals surface area contributed by atoms with Crippen LogP contribution in [0.2, 0.25) is 5.02 Å². The van der Waals surface area contributed by atoms with E-state index in [-0.39, 0.29) is 11.9 Å². The number of halogens is 1. The van der Waals surface area contributed by atoms with Gasteiger partial charge in [0.1, 0.15) is 0 Å². The number of benzene rings is 1. The van der Waals surface area contributed by atoms with Gasteiger partial charge in [0.2, 0.25) is 0 Å². The molecule has 1 aromatic carbocycles. The first kappa shape index (κ1) is 17.5. The highest BCUT2D eigenvalue weighted by Gasteiger charge is 2.22. The third kappa shape index (κ3) is 3.85. The summed E-state index contributed by atoms with van der Waals surface area (Å²) in [6.45, 7) is 4.16.